The van der Waals surface area contributed by atoms with Crippen LogP contribution in [0, 0.1) is 11.3 Å². The highest BCUT2D eigenvalue weighted by atomic mass is 16.5. The summed E-state index contributed by atoms with van der Waals surface area (Å²) in [4.78, 5) is 14.9. The third-order valence-electron chi connectivity index (χ3n) is 5.81. The number of hydrogen-bond acceptors (Lipinski definition) is 4. The van der Waals surface area contributed by atoms with Gasteiger partial charge in [0.1, 0.15) is 0 Å². The standard InChI is InChI=1S/C27H28N4O2/c28-16-7-17-31(25-14-18-33-19-15-25)26(32)13-12-24-21-30(20-22-8-3-1-4-9-22)29-27(24)23-10-5-2-6-11-23/h1-6,8-13,21,25H,7,14-15,17-20H2/b13-12+. The molecule has 1 aromatic heterocycles. The van der Waals surface area contributed by atoms with E-state index in [2.05, 4.69) is 18.2 Å². The Morgan fingerprint density at radius 3 is 2.52 bits per heavy atom. The fourth-order valence-electron chi connectivity index (χ4n) is 4.13. The highest BCUT2D eigenvalue weighted by Crippen LogP contribution is 2.24. The SMILES string of the molecule is N#CCCN(C(=O)/C=C/c1cn(Cc2ccccc2)nc1-c1ccccc1)C1CCOCC1. The van der Waals surface area contributed by atoms with E-state index in [0.717, 1.165) is 35.2 Å². The second-order valence-electron chi connectivity index (χ2n) is 8.10. The molecule has 0 N–H and O–H groups in total. The smallest absolute Gasteiger partial charge is 0.246 e. The Hall–Kier alpha value is -3.69. The van der Waals surface area contributed by atoms with E-state index < -0.39 is 0 Å². The van der Waals surface area contributed by atoms with Crippen molar-refractivity contribution in [3.05, 3.63) is 84.1 Å². The van der Waals surface area contributed by atoms with Crippen molar-refractivity contribution < 1.29 is 9.53 Å². The number of nitrogens with zero attached hydrogens (tertiary/aromatic N) is 4. The first-order valence-electron chi connectivity index (χ1n) is 11.3. The van der Waals surface area contributed by atoms with Crippen LogP contribution in [-0.2, 0) is 16.1 Å². The molecule has 1 saturated heterocycles. The van der Waals surface area contributed by atoms with Gasteiger partial charge >= 0.3 is 0 Å². The van der Waals surface area contributed by atoms with Gasteiger partial charge in [0.05, 0.1) is 24.7 Å². The van der Waals surface area contributed by atoms with Crippen LogP contribution in [0.25, 0.3) is 17.3 Å². The number of carbonyl (C=O) groups excluding carboxylic acids is 1. The Morgan fingerprint density at radius 2 is 1.82 bits per heavy atom. The molecule has 6 heteroatoms. The van der Waals surface area contributed by atoms with Gasteiger partial charge in [-0.1, -0.05) is 60.7 Å². The molecule has 1 aliphatic heterocycles. The fraction of sp³-hybridized carbons (Fsp3) is 0.296. The zero-order chi connectivity index (χ0) is 22.9. The summed E-state index contributed by atoms with van der Waals surface area (Å²) in [7, 11) is 0. The molecule has 0 saturated carbocycles. The number of amides is 1. The van der Waals surface area contributed by atoms with Crippen LogP contribution < -0.4 is 0 Å². The largest absolute Gasteiger partial charge is 0.381 e. The zero-order valence-electron chi connectivity index (χ0n) is 18.6. The molecule has 0 atom stereocenters. The topological polar surface area (TPSA) is 71.2 Å². The monoisotopic (exact) mass is 440 g/mol. The molecular weight excluding hydrogens is 412 g/mol. The van der Waals surface area contributed by atoms with Crippen LogP contribution in [0.2, 0.25) is 0 Å². The van der Waals surface area contributed by atoms with E-state index >= 15 is 0 Å². The van der Waals surface area contributed by atoms with Crippen LogP contribution in [0.3, 0.4) is 0 Å². The lowest BCUT2D eigenvalue weighted by Gasteiger charge is -2.33. The van der Waals surface area contributed by atoms with Crippen molar-refractivity contribution in [3.8, 4) is 17.3 Å². The summed E-state index contributed by atoms with van der Waals surface area (Å²) in [5.41, 5.74) is 3.89. The number of nitriles is 1. The molecule has 1 amide bonds. The first-order chi connectivity index (χ1) is 16.2. The molecule has 1 aliphatic rings. The van der Waals surface area contributed by atoms with Crippen LogP contribution >= 0.6 is 0 Å². The van der Waals surface area contributed by atoms with Crippen LogP contribution in [0.5, 0.6) is 0 Å². The lowest BCUT2D eigenvalue weighted by Crippen LogP contribution is -2.43. The van der Waals surface area contributed by atoms with Gasteiger partial charge in [-0.3, -0.25) is 9.48 Å². The van der Waals surface area contributed by atoms with Gasteiger partial charge in [-0.15, -0.1) is 0 Å². The fourth-order valence-corrected chi connectivity index (χ4v) is 4.13. The van der Waals surface area contributed by atoms with Crippen LogP contribution in [0.4, 0.5) is 0 Å². The normalized spacial score (nSPS) is 14.3. The van der Waals surface area contributed by atoms with Crippen molar-refractivity contribution >= 4 is 12.0 Å². The van der Waals surface area contributed by atoms with Crippen molar-refractivity contribution in [2.75, 3.05) is 19.8 Å². The molecule has 0 aliphatic carbocycles. The highest BCUT2D eigenvalue weighted by Gasteiger charge is 2.24. The summed E-state index contributed by atoms with van der Waals surface area (Å²) in [5.74, 6) is -0.0769. The maximum atomic E-state index is 13.1. The van der Waals surface area contributed by atoms with Gasteiger partial charge in [0.2, 0.25) is 5.91 Å². The van der Waals surface area contributed by atoms with E-state index in [1.165, 1.54) is 0 Å². The molecule has 0 bridgehead atoms. The number of benzene rings is 2. The number of carbonyl (C=O) groups is 1. The summed E-state index contributed by atoms with van der Waals surface area (Å²) in [6.07, 6.45) is 7.36. The molecule has 2 heterocycles. The molecule has 0 spiro atoms. The lowest BCUT2D eigenvalue weighted by molar-refractivity contribution is -0.130. The Morgan fingerprint density at radius 1 is 1.12 bits per heavy atom. The number of ether oxygens (including phenoxy) is 1. The van der Waals surface area contributed by atoms with Gasteiger partial charge in [-0.05, 0) is 24.5 Å². The Bertz CT molecular complexity index is 1110. The molecule has 2 aromatic carbocycles. The third-order valence-corrected chi connectivity index (χ3v) is 5.81. The first-order valence-corrected chi connectivity index (χ1v) is 11.3. The van der Waals surface area contributed by atoms with E-state index in [0.29, 0.717) is 32.7 Å². The van der Waals surface area contributed by atoms with E-state index in [9.17, 15) is 4.79 Å². The Balaban J connectivity index is 1.59. The maximum Gasteiger partial charge on any atom is 0.246 e. The molecule has 168 valence electrons. The van der Waals surface area contributed by atoms with E-state index in [1.807, 2.05) is 70.4 Å². The maximum absolute atomic E-state index is 13.1. The third kappa shape index (κ3) is 5.97. The minimum atomic E-state index is -0.0769. The Kier molecular flexibility index (Phi) is 7.68. The summed E-state index contributed by atoms with van der Waals surface area (Å²) in [6.45, 7) is 2.38. The average Bonchev–Trinajstić information content (AvgIpc) is 3.27. The number of aromatic nitrogens is 2. The van der Waals surface area contributed by atoms with Gasteiger partial charge in [-0.25, -0.2) is 0 Å². The summed E-state index contributed by atoms with van der Waals surface area (Å²) in [5, 5.41) is 13.9. The molecule has 6 nitrogen and oxygen atoms in total. The molecular formula is C27H28N4O2. The number of hydrogen-bond donors (Lipinski definition) is 0. The van der Waals surface area contributed by atoms with Gasteiger partial charge < -0.3 is 9.64 Å². The predicted octanol–water partition coefficient (Wildman–Crippen LogP) is 4.53. The molecule has 33 heavy (non-hydrogen) atoms. The van der Waals surface area contributed by atoms with Crippen molar-refractivity contribution in [2.45, 2.75) is 31.8 Å². The Labute approximate surface area is 194 Å². The average molecular weight is 441 g/mol. The summed E-state index contributed by atoms with van der Waals surface area (Å²) in [6, 6.07) is 22.4. The van der Waals surface area contributed by atoms with Crippen molar-refractivity contribution in [1.29, 1.82) is 5.26 Å². The quantitative estimate of drug-likeness (QED) is 0.483. The summed E-state index contributed by atoms with van der Waals surface area (Å²) < 4.78 is 7.36. The van der Waals surface area contributed by atoms with Crippen LogP contribution in [-0.4, -0.2) is 46.4 Å². The van der Waals surface area contributed by atoms with E-state index in [4.69, 9.17) is 15.1 Å². The predicted molar refractivity (Wildman–Crippen MR) is 128 cm³/mol. The van der Waals surface area contributed by atoms with E-state index in [1.54, 1.807) is 6.08 Å². The van der Waals surface area contributed by atoms with Crippen molar-refractivity contribution in [2.24, 2.45) is 0 Å². The van der Waals surface area contributed by atoms with E-state index in [-0.39, 0.29) is 11.9 Å². The molecule has 0 radical (unpaired) electrons. The number of rotatable bonds is 8. The van der Waals surface area contributed by atoms with Crippen LogP contribution in [0.15, 0.2) is 72.9 Å². The summed E-state index contributed by atoms with van der Waals surface area (Å²) >= 11 is 0. The zero-order valence-corrected chi connectivity index (χ0v) is 18.6. The van der Waals surface area contributed by atoms with Crippen LogP contribution in [0.1, 0.15) is 30.4 Å². The first kappa shape index (κ1) is 22.5. The van der Waals surface area contributed by atoms with Gasteiger partial charge in [0.15, 0.2) is 0 Å². The van der Waals surface area contributed by atoms with Gasteiger partial charge in [0, 0.05) is 49.2 Å². The lowest BCUT2D eigenvalue weighted by atomic mass is 10.1. The van der Waals surface area contributed by atoms with Gasteiger partial charge in [-0.2, -0.15) is 10.4 Å². The highest BCUT2D eigenvalue weighted by molar-refractivity contribution is 5.93. The second kappa shape index (κ2) is 11.3. The molecule has 1 fully saturated rings. The molecule has 3 aromatic rings. The second-order valence-corrected chi connectivity index (χ2v) is 8.10. The molecule has 4 rings (SSSR count). The molecule has 0 unspecified atom stereocenters. The van der Waals surface area contributed by atoms with Crippen molar-refractivity contribution in [1.82, 2.24) is 14.7 Å². The van der Waals surface area contributed by atoms with Crippen molar-refractivity contribution in [3.63, 3.8) is 0 Å². The van der Waals surface area contributed by atoms with Gasteiger partial charge in [0.25, 0.3) is 0 Å². The minimum Gasteiger partial charge on any atom is -0.381 e. The minimum absolute atomic E-state index is 0.0769.